The number of nitrogens with zero attached hydrogens (tertiary/aromatic N) is 2. The van der Waals surface area contributed by atoms with Gasteiger partial charge in [-0.3, -0.25) is 0 Å². The lowest BCUT2D eigenvalue weighted by molar-refractivity contribution is 0.186. The van der Waals surface area contributed by atoms with Crippen molar-refractivity contribution in [2.24, 2.45) is 0 Å². The Labute approximate surface area is 73.5 Å². The number of rotatable bonds is 3. The zero-order valence-electron chi connectivity index (χ0n) is 5.75. The molecule has 0 fully saturated rings. The first-order valence-electron chi connectivity index (χ1n) is 3.00. The predicted octanol–water partition coefficient (Wildman–Crippen LogP) is 1.13. The summed E-state index contributed by atoms with van der Waals surface area (Å²) in [6.45, 7) is 1.63. The second-order valence-electron chi connectivity index (χ2n) is 1.88. The zero-order valence-corrected chi connectivity index (χ0v) is 7.91. The molecule has 1 aromatic rings. The van der Waals surface area contributed by atoms with Crippen molar-refractivity contribution in [3.63, 3.8) is 0 Å². The van der Waals surface area contributed by atoms with Gasteiger partial charge >= 0.3 is 0 Å². The first kappa shape index (κ1) is 8.00. The fraction of sp³-hybridized carbons (Fsp3) is 0.500. The van der Waals surface area contributed by atoms with Crippen LogP contribution in [0.15, 0.2) is 12.4 Å². The number of ether oxygens (including phenoxy) is 1. The van der Waals surface area contributed by atoms with Gasteiger partial charge in [-0.2, -0.15) is 0 Å². The topological polar surface area (TPSA) is 27.1 Å². The summed E-state index contributed by atoms with van der Waals surface area (Å²) in [6.07, 6.45) is 3.73. The van der Waals surface area contributed by atoms with Crippen LogP contribution in [0.3, 0.4) is 0 Å². The third kappa shape index (κ3) is 1.95. The largest absolute Gasteiger partial charge is 0.383 e. The van der Waals surface area contributed by atoms with E-state index in [1.54, 1.807) is 13.3 Å². The van der Waals surface area contributed by atoms with Gasteiger partial charge in [0.05, 0.1) is 6.61 Å². The molecule has 0 aliphatic rings. The van der Waals surface area contributed by atoms with Gasteiger partial charge in [0.1, 0.15) is 0 Å². The molecule has 4 heteroatoms. The molecule has 0 saturated heterocycles. The molecule has 1 heterocycles. The van der Waals surface area contributed by atoms with Gasteiger partial charge in [0, 0.05) is 26.0 Å². The highest BCUT2D eigenvalue weighted by molar-refractivity contribution is 14.1. The van der Waals surface area contributed by atoms with E-state index in [2.05, 4.69) is 27.6 Å². The SMILES string of the molecule is COCCn1ccnc1I. The van der Waals surface area contributed by atoms with Gasteiger partial charge in [0.25, 0.3) is 0 Å². The summed E-state index contributed by atoms with van der Waals surface area (Å²) in [5, 5.41) is 0. The summed E-state index contributed by atoms with van der Waals surface area (Å²) in [5.74, 6) is 0. The van der Waals surface area contributed by atoms with E-state index >= 15 is 0 Å². The normalized spacial score (nSPS) is 10.2. The zero-order chi connectivity index (χ0) is 7.40. The van der Waals surface area contributed by atoms with Crippen molar-refractivity contribution in [1.82, 2.24) is 9.55 Å². The number of hydrogen-bond donors (Lipinski definition) is 0. The van der Waals surface area contributed by atoms with Crippen LogP contribution in [-0.4, -0.2) is 23.3 Å². The van der Waals surface area contributed by atoms with E-state index in [0.29, 0.717) is 0 Å². The minimum absolute atomic E-state index is 0.742. The van der Waals surface area contributed by atoms with Crippen LogP contribution in [-0.2, 0) is 11.3 Å². The third-order valence-corrected chi connectivity index (χ3v) is 2.10. The maximum absolute atomic E-state index is 4.92. The Morgan fingerprint density at radius 3 is 3.10 bits per heavy atom. The summed E-state index contributed by atoms with van der Waals surface area (Å²) < 4.78 is 7.97. The van der Waals surface area contributed by atoms with E-state index in [0.717, 1.165) is 17.0 Å². The lowest BCUT2D eigenvalue weighted by Crippen LogP contribution is -2.04. The van der Waals surface area contributed by atoms with Crippen molar-refractivity contribution in [3.8, 4) is 0 Å². The molecular formula is C6H9IN2O. The average molecular weight is 252 g/mol. The Balaban J connectivity index is 2.49. The molecule has 0 unspecified atom stereocenters. The van der Waals surface area contributed by atoms with E-state index in [1.165, 1.54) is 0 Å². The van der Waals surface area contributed by atoms with Crippen LogP contribution >= 0.6 is 22.6 Å². The molecule has 10 heavy (non-hydrogen) atoms. The van der Waals surface area contributed by atoms with Crippen molar-refractivity contribution >= 4 is 22.6 Å². The van der Waals surface area contributed by atoms with Crippen molar-refractivity contribution in [2.45, 2.75) is 6.54 Å². The van der Waals surface area contributed by atoms with Crippen molar-refractivity contribution < 1.29 is 4.74 Å². The number of hydrogen-bond acceptors (Lipinski definition) is 2. The van der Waals surface area contributed by atoms with Crippen LogP contribution in [0.5, 0.6) is 0 Å². The molecule has 0 N–H and O–H groups in total. The van der Waals surface area contributed by atoms with Gasteiger partial charge < -0.3 is 9.30 Å². The quantitative estimate of drug-likeness (QED) is 0.754. The fourth-order valence-electron chi connectivity index (χ4n) is 0.667. The lowest BCUT2D eigenvalue weighted by Gasteiger charge is -2.00. The molecule has 0 atom stereocenters. The summed E-state index contributed by atoms with van der Waals surface area (Å²) in [7, 11) is 1.70. The smallest absolute Gasteiger partial charge is 0.171 e. The summed E-state index contributed by atoms with van der Waals surface area (Å²) >= 11 is 2.19. The first-order valence-corrected chi connectivity index (χ1v) is 4.08. The van der Waals surface area contributed by atoms with Crippen LogP contribution in [0.2, 0.25) is 0 Å². The van der Waals surface area contributed by atoms with Crippen LogP contribution in [0.1, 0.15) is 0 Å². The molecule has 0 bridgehead atoms. The maximum atomic E-state index is 4.92. The molecule has 0 aromatic carbocycles. The molecule has 0 radical (unpaired) electrons. The molecule has 0 aliphatic heterocycles. The van der Waals surface area contributed by atoms with Crippen LogP contribution in [0.25, 0.3) is 0 Å². The molecule has 56 valence electrons. The average Bonchev–Trinajstić information content (AvgIpc) is 2.31. The number of methoxy groups -OCH3 is 1. The highest BCUT2D eigenvalue weighted by atomic mass is 127. The fourth-order valence-corrected chi connectivity index (χ4v) is 1.23. The molecule has 0 aliphatic carbocycles. The van der Waals surface area contributed by atoms with Crippen LogP contribution in [0, 0.1) is 3.83 Å². The van der Waals surface area contributed by atoms with Gasteiger partial charge in [0.15, 0.2) is 3.83 Å². The van der Waals surface area contributed by atoms with E-state index in [1.807, 2.05) is 10.8 Å². The maximum Gasteiger partial charge on any atom is 0.171 e. The Morgan fingerprint density at radius 1 is 1.80 bits per heavy atom. The summed E-state index contributed by atoms with van der Waals surface area (Å²) in [4.78, 5) is 4.06. The van der Waals surface area contributed by atoms with Crippen molar-refractivity contribution in [2.75, 3.05) is 13.7 Å². The summed E-state index contributed by atoms with van der Waals surface area (Å²) in [5.41, 5.74) is 0. The van der Waals surface area contributed by atoms with Crippen LogP contribution in [0.4, 0.5) is 0 Å². The minimum atomic E-state index is 0.742. The second-order valence-corrected chi connectivity index (χ2v) is 2.85. The molecule has 3 nitrogen and oxygen atoms in total. The van der Waals surface area contributed by atoms with E-state index in [9.17, 15) is 0 Å². The Kier molecular flexibility index (Phi) is 3.14. The van der Waals surface area contributed by atoms with Crippen LogP contribution < -0.4 is 0 Å². The number of halogens is 1. The van der Waals surface area contributed by atoms with Gasteiger partial charge in [0.2, 0.25) is 0 Å². The van der Waals surface area contributed by atoms with Crippen molar-refractivity contribution in [3.05, 3.63) is 16.2 Å². The number of aromatic nitrogens is 2. The Bertz CT molecular complexity index is 199. The monoisotopic (exact) mass is 252 g/mol. The van der Waals surface area contributed by atoms with Gasteiger partial charge in [-0.15, -0.1) is 0 Å². The second kappa shape index (κ2) is 3.92. The molecule has 1 rings (SSSR count). The van der Waals surface area contributed by atoms with Gasteiger partial charge in [-0.1, -0.05) is 0 Å². The number of imidazole rings is 1. The molecule has 0 saturated carbocycles. The Morgan fingerprint density at radius 2 is 2.60 bits per heavy atom. The lowest BCUT2D eigenvalue weighted by atomic mass is 10.7. The Hall–Kier alpha value is -0.100. The molecule has 1 aromatic heterocycles. The minimum Gasteiger partial charge on any atom is -0.383 e. The molecular weight excluding hydrogens is 243 g/mol. The van der Waals surface area contributed by atoms with Crippen molar-refractivity contribution in [1.29, 1.82) is 0 Å². The molecule has 0 spiro atoms. The predicted molar refractivity (Wildman–Crippen MR) is 46.8 cm³/mol. The third-order valence-electron chi connectivity index (χ3n) is 1.20. The van der Waals surface area contributed by atoms with Gasteiger partial charge in [-0.25, -0.2) is 4.98 Å². The summed E-state index contributed by atoms with van der Waals surface area (Å²) in [6, 6.07) is 0. The first-order chi connectivity index (χ1) is 4.84. The van der Waals surface area contributed by atoms with Gasteiger partial charge in [-0.05, 0) is 22.6 Å². The highest BCUT2D eigenvalue weighted by Gasteiger charge is 1.95. The van der Waals surface area contributed by atoms with E-state index in [-0.39, 0.29) is 0 Å². The standard InChI is InChI=1S/C6H9IN2O/c1-10-5-4-9-3-2-8-6(9)7/h2-3H,4-5H2,1H3. The van der Waals surface area contributed by atoms with E-state index < -0.39 is 0 Å². The van der Waals surface area contributed by atoms with E-state index in [4.69, 9.17) is 4.74 Å². The molecule has 0 amide bonds. The highest BCUT2D eigenvalue weighted by Crippen LogP contribution is 2.00.